The molecule has 1 aliphatic heterocycles. The van der Waals surface area contributed by atoms with Gasteiger partial charge in [0.25, 0.3) is 0 Å². The summed E-state index contributed by atoms with van der Waals surface area (Å²) in [6.45, 7) is 0.878. The van der Waals surface area contributed by atoms with E-state index < -0.39 is 9.84 Å². The van der Waals surface area contributed by atoms with Crippen LogP contribution in [0.15, 0.2) is 41.4 Å². The maximum absolute atomic E-state index is 11.6. The quantitative estimate of drug-likeness (QED) is 0.810. The van der Waals surface area contributed by atoms with E-state index in [-0.39, 0.29) is 0 Å². The standard InChI is InChI=1S/C13H17NO2S/c1-17(15,16)13-9-5-6-10-14(11-13)12-7-3-2-4-8-12/h2-4,7-8,11H,5-6,9-10H2,1H3. The number of sulfone groups is 1. The first-order valence-corrected chi connectivity index (χ1v) is 7.69. The van der Waals surface area contributed by atoms with E-state index >= 15 is 0 Å². The molecule has 1 aliphatic rings. The third-order valence-electron chi connectivity index (χ3n) is 2.94. The van der Waals surface area contributed by atoms with Crippen LogP contribution in [0.1, 0.15) is 19.3 Å². The average molecular weight is 251 g/mol. The molecule has 0 aliphatic carbocycles. The van der Waals surface area contributed by atoms with Gasteiger partial charge in [0, 0.05) is 24.7 Å². The molecule has 0 fully saturated rings. The fourth-order valence-corrected chi connectivity index (χ4v) is 2.82. The Morgan fingerprint density at radius 3 is 2.47 bits per heavy atom. The zero-order valence-electron chi connectivity index (χ0n) is 9.96. The van der Waals surface area contributed by atoms with Gasteiger partial charge in [-0.05, 0) is 31.4 Å². The van der Waals surface area contributed by atoms with Crippen molar-refractivity contribution in [2.24, 2.45) is 0 Å². The van der Waals surface area contributed by atoms with Gasteiger partial charge in [0.15, 0.2) is 9.84 Å². The molecule has 17 heavy (non-hydrogen) atoms. The summed E-state index contributed by atoms with van der Waals surface area (Å²) in [7, 11) is -3.07. The predicted octanol–water partition coefficient (Wildman–Crippen LogP) is 2.56. The molecule has 0 radical (unpaired) electrons. The molecule has 0 bridgehead atoms. The smallest absolute Gasteiger partial charge is 0.173 e. The van der Waals surface area contributed by atoms with Crippen molar-refractivity contribution in [2.75, 3.05) is 17.7 Å². The zero-order valence-corrected chi connectivity index (χ0v) is 10.8. The monoisotopic (exact) mass is 251 g/mol. The molecule has 0 unspecified atom stereocenters. The van der Waals surface area contributed by atoms with E-state index in [0.717, 1.165) is 25.1 Å². The molecular formula is C13H17NO2S. The van der Waals surface area contributed by atoms with E-state index in [9.17, 15) is 8.42 Å². The number of para-hydroxylation sites is 1. The number of rotatable bonds is 2. The van der Waals surface area contributed by atoms with Gasteiger partial charge in [0.05, 0.1) is 4.91 Å². The summed E-state index contributed by atoms with van der Waals surface area (Å²) in [6, 6.07) is 9.90. The van der Waals surface area contributed by atoms with Crippen LogP contribution in [0.5, 0.6) is 0 Å². The summed E-state index contributed by atoms with van der Waals surface area (Å²) >= 11 is 0. The first kappa shape index (κ1) is 12.2. The second-order valence-corrected chi connectivity index (χ2v) is 6.42. The Bertz CT molecular complexity index is 505. The van der Waals surface area contributed by atoms with Crippen LogP contribution >= 0.6 is 0 Å². The van der Waals surface area contributed by atoms with Gasteiger partial charge < -0.3 is 4.90 Å². The van der Waals surface area contributed by atoms with Gasteiger partial charge in [0.2, 0.25) is 0 Å². The molecule has 3 nitrogen and oxygen atoms in total. The normalized spacial score (nSPS) is 17.5. The predicted molar refractivity (Wildman–Crippen MR) is 70.6 cm³/mol. The molecule has 2 rings (SSSR count). The minimum atomic E-state index is -3.07. The summed E-state index contributed by atoms with van der Waals surface area (Å²) in [4.78, 5) is 2.57. The summed E-state index contributed by atoms with van der Waals surface area (Å²) in [5.41, 5.74) is 1.05. The van der Waals surface area contributed by atoms with Crippen molar-refractivity contribution in [3.05, 3.63) is 41.4 Å². The number of nitrogens with zero attached hydrogens (tertiary/aromatic N) is 1. The minimum absolute atomic E-state index is 0.541. The summed E-state index contributed by atoms with van der Waals surface area (Å²) in [6.07, 6.45) is 5.68. The van der Waals surface area contributed by atoms with Crippen molar-refractivity contribution in [1.82, 2.24) is 0 Å². The second-order valence-electron chi connectivity index (χ2n) is 4.35. The first-order valence-electron chi connectivity index (χ1n) is 5.80. The van der Waals surface area contributed by atoms with E-state index in [2.05, 4.69) is 0 Å². The first-order chi connectivity index (χ1) is 8.07. The van der Waals surface area contributed by atoms with Crippen LogP contribution in [0.25, 0.3) is 0 Å². The van der Waals surface area contributed by atoms with Gasteiger partial charge in [-0.25, -0.2) is 8.42 Å². The molecule has 0 atom stereocenters. The van der Waals surface area contributed by atoms with Crippen molar-refractivity contribution in [3.63, 3.8) is 0 Å². The number of anilines is 1. The number of hydrogen-bond acceptors (Lipinski definition) is 3. The molecule has 4 heteroatoms. The lowest BCUT2D eigenvalue weighted by Gasteiger charge is -2.19. The summed E-state index contributed by atoms with van der Waals surface area (Å²) < 4.78 is 23.2. The van der Waals surface area contributed by atoms with Crippen LogP contribution in [-0.2, 0) is 9.84 Å². The molecule has 0 amide bonds. The summed E-state index contributed by atoms with van der Waals surface area (Å²) in [5, 5.41) is 0. The zero-order chi connectivity index (χ0) is 12.3. The third-order valence-corrected chi connectivity index (χ3v) is 4.20. The lowest BCUT2D eigenvalue weighted by atomic mass is 10.2. The second kappa shape index (κ2) is 4.92. The molecule has 0 saturated heterocycles. The van der Waals surface area contributed by atoms with Crippen molar-refractivity contribution in [2.45, 2.75) is 19.3 Å². The fraction of sp³-hybridized carbons (Fsp3) is 0.385. The molecule has 0 spiro atoms. The third kappa shape index (κ3) is 3.09. The highest BCUT2D eigenvalue weighted by molar-refractivity contribution is 7.94. The van der Waals surface area contributed by atoms with Crippen LogP contribution in [0.2, 0.25) is 0 Å². The van der Waals surface area contributed by atoms with Crippen molar-refractivity contribution in [1.29, 1.82) is 0 Å². The molecule has 92 valence electrons. The SMILES string of the molecule is CS(=O)(=O)C1=CN(c2ccccc2)CCCC1. The van der Waals surface area contributed by atoms with Gasteiger partial charge in [0.1, 0.15) is 0 Å². The van der Waals surface area contributed by atoms with Crippen LogP contribution in [0.3, 0.4) is 0 Å². The Morgan fingerprint density at radius 2 is 1.82 bits per heavy atom. The van der Waals surface area contributed by atoms with Gasteiger partial charge in [-0.15, -0.1) is 0 Å². The molecule has 0 N–H and O–H groups in total. The largest absolute Gasteiger partial charge is 0.347 e. The minimum Gasteiger partial charge on any atom is -0.347 e. The Labute approximate surface area is 103 Å². The fourth-order valence-electron chi connectivity index (χ4n) is 1.99. The lowest BCUT2D eigenvalue weighted by molar-refractivity contribution is 0.605. The van der Waals surface area contributed by atoms with Gasteiger partial charge >= 0.3 is 0 Å². The molecular weight excluding hydrogens is 234 g/mol. The Morgan fingerprint density at radius 1 is 1.12 bits per heavy atom. The number of allylic oxidation sites excluding steroid dienone is 1. The van der Waals surface area contributed by atoms with E-state index in [1.54, 1.807) is 6.20 Å². The average Bonchev–Trinajstić information content (AvgIpc) is 2.55. The maximum atomic E-state index is 11.6. The van der Waals surface area contributed by atoms with Crippen LogP contribution in [0, 0.1) is 0 Å². The molecule has 1 heterocycles. The Kier molecular flexibility index (Phi) is 3.52. The van der Waals surface area contributed by atoms with E-state index in [1.807, 2.05) is 35.2 Å². The molecule has 1 aromatic rings. The maximum Gasteiger partial charge on any atom is 0.173 e. The lowest BCUT2D eigenvalue weighted by Crippen LogP contribution is -2.17. The summed E-state index contributed by atoms with van der Waals surface area (Å²) in [5.74, 6) is 0. The Balaban J connectivity index is 2.34. The van der Waals surface area contributed by atoms with Crippen LogP contribution in [-0.4, -0.2) is 21.2 Å². The highest BCUT2D eigenvalue weighted by atomic mass is 32.2. The highest BCUT2D eigenvalue weighted by Gasteiger charge is 2.17. The van der Waals surface area contributed by atoms with Gasteiger partial charge in [-0.2, -0.15) is 0 Å². The van der Waals surface area contributed by atoms with Crippen molar-refractivity contribution < 1.29 is 8.42 Å². The van der Waals surface area contributed by atoms with Crippen molar-refractivity contribution in [3.8, 4) is 0 Å². The highest BCUT2D eigenvalue weighted by Crippen LogP contribution is 2.23. The van der Waals surface area contributed by atoms with Crippen molar-refractivity contribution >= 4 is 15.5 Å². The molecule has 0 aromatic heterocycles. The molecule has 1 aromatic carbocycles. The molecule has 0 saturated carbocycles. The van der Waals surface area contributed by atoms with Crippen LogP contribution < -0.4 is 4.90 Å². The van der Waals surface area contributed by atoms with Gasteiger partial charge in [-0.1, -0.05) is 18.2 Å². The van der Waals surface area contributed by atoms with Gasteiger partial charge in [-0.3, -0.25) is 0 Å². The number of benzene rings is 1. The van der Waals surface area contributed by atoms with Crippen LogP contribution in [0.4, 0.5) is 5.69 Å². The van der Waals surface area contributed by atoms with E-state index in [1.165, 1.54) is 6.26 Å². The Hall–Kier alpha value is -1.29. The topological polar surface area (TPSA) is 37.4 Å². The van der Waals surface area contributed by atoms with E-state index in [4.69, 9.17) is 0 Å². The van der Waals surface area contributed by atoms with E-state index in [0.29, 0.717) is 11.3 Å². The number of hydrogen-bond donors (Lipinski definition) is 0.